The Kier molecular flexibility index (Phi) is 4.84. The third-order valence-corrected chi connectivity index (χ3v) is 3.53. The average molecular weight is 297 g/mol. The Bertz CT molecular complexity index is 511. The van der Waals surface area contributed by atoms with Gasteiger partial charge in [-0.15, -0.1) is 0 Å². The molecule has 0 unspecified atom stereocenters. The lowest BCUT2D eigenvalue weighted by atomic mass is 10.2. The highest BCUT2D eigenvalue weighted by molar-refractivity contribution is 6.40. The van der Waals surface area contributed by atoms with Gasteiger partial charge < -0.3 is 15.3 Å². The van der Waals surface area contributed by atoms with E-state index in [0.29, 0.717) is 18.1 Å². The van der Waals surface area contributed by atoms with Crippen LogP contribution in [0.2, 0.25) is 5.02 Å². The minimum Gasteiger partial charge on any atom is -0.506 e. The van der Waals surface area contributed by atoms with E-state index in [1.165, 1.54) is 18.2 Å². The third-order valence-electron chi connectivity index (χ3n) is 3.29. The lowest BCUT2D eigenvalue weighted by Gasteiger charge is -2.19. The molecule has 1 aliphatic heterocycles. The highest BCUT2D eigenvalue weighted by atomic mass is 35.5. The van der Waals surface area contributed by atoms with Gasteiger partial charge in [-0.3, -0.25) is 9.59 Å². The number of halogens is 1. The van der Waals surface area contributed by atoms with Crippen LogP contribution in [-0.4, -0.2) is 34.9 Å². The van der Waals surface area contributed by atoms with Gasteiger partial charge >= 0.3 is 11.8 Å². The fourth-order valence-corrected chi connectivity index (χ4v) is 2.37. The van der Waals surface area contributed by atoms with Gasteiger partial charge in [-0.05, 0) is 31.0 Å². The summed E-state index contributed by atoms with van der Waals surface area (Å²) in [4.78, 5) is 25.5. The normalized spacial score (nSPS) is 15.6. The molecule has 0 atom stereocenters. The fourth-order valence-electron chi connectivity index (χ4n) is 2.20. The molecule has 0 spiro atoms. The highest BCUT2D eigenvalue weighted by Crippen LogP contribution is 2.26. The summed E-state index contributed by atoms with van der Waals surface area (Å²) in [6.07, 6.45) is 4.00. The molecule has 1 aliphatic rings. The van der Waals surface area contributed by atoms with Crippen molar-refractivity contribution in [2.24, 2.45) is 0 Å². The van der Waals surface area contributed by atoms with Crippen LogP contribution >= 0.6 is 11.6 Å². The number of anilines is 1. The number of hydrogen-bond acceptors (Lipinski definition) is 3. The standard InChI is InChI=1S/C14H17ClN2O3/c15-10-5-6-12(18)11(9-10)16-13(19)14(20)17-7-3-1-2-4-8-17/h5-6,9,18H,1-4,7-8H2,(H,16,19). The fraction of sp³-hybridized carbons (Fsp3) is 0.429. The maximum atomic E-state index is 12.1. The van der Waals surface area contributed by atoms with Crippen LogP contribution in [0.25, 0.3) is 0 Å². The molecule has 1 aromatic rings. The van der Waals surface area contributed by atoms with E-state index in [1.807, 2.05) is 0 Å². The monoisotopic (exact) mass is 296 g/mol. The largest absolute Gasteiger partial charge is 0.506 e. The predicted molar refractivity (Wildman–Crippen MR) is 76.8 cm³/mol. The molecule has 1 heterocycles. The van der Waals surface area contributed by atoms with Crippen LogP contribution in [0.3, 0.4) is 0 Å². The maximum absolute atomic E-state index is 12.1. The number of carbonyl (C=O) groups is 2. The van der Waals surface area contributed by atoms with Crippen molar-refractivity contribution >= 4 is 29.1 Å². The number of aromatic hydroxyl groups is 1. The minimum absolute atomic E-state index is 0.119. The van der Waals surface area contributed by atoms with Gasteiger partial charge in [-0.1, -0.05) is 24.4 Å². The van der Waals surface area contributed by atoms with E-state index in [2.05, 4.69) is 5.32 Å². The summed E-state index contributed by atoms with van der Waals surface area (Å²) in [5, 5.41) is 12.4. The molecule has 1 aromatic carbocycles. The molecule has 5 nitrogen and oxygen atoms in total. The number of rotatable bonds is 1. The van der Waals surface area contributed by atoms with Crippen LogP contribution in [0, 0.1) is 0 Å². The van der Waals surface area contributed by atoms with Crippen LogP contribution in [0.1, 0.15) is 25.7 Å². The van der Waals surface area contributed by atoms with Crippen molar-refractivity contribution in [3.8, 4) is 5.75 Å². The van der Waals surface area contributed by atoms with Gasteiger partial charge in [0, 0.05) is 18.1 Å². The number of carbonyl (C=O) groups excluding carboxylic acids is 2. The third kappa shape index (κ3) is 3.63. The van der Waals surface area contributed by atoms with E-state index in [-0.39, 0.29) is 11.4 Å². The van der Waals surface area contributed by atoms with E-state index < -0.39 is 11.8 Å². The quantitative estimate of drug-likeness (QED) is 0.617. The van der Waals surface area contributed by atoms with Gasteiger partial charge in [-0.25, -0.2) is 0 Å². The number of nitrogens with zero attached hydrogens (tertiary/aromatic N) is 1. The zero-order chi connectivity index (χ0) is 14.5. The number of nitrogens with one attached hydrogen (secondary N) is 1. The van der Waals surface area contributed by atoms with Gasteiger partial charge in [0.2, 0.25) is 0 Å². The van der Waals surface area contributed by atoms with Crippen molar-refractivity contribution in [3.05, 3.63) is 23.2 Å². The van der Waals surface area contributed by atoms with Gasteiger partial charge in [0.25, 0.3) is 0 Å². The van der Waals surface area contributed by atoms with E-state index >= 15 is 0 Å². The van der Waals surface area contributed by atoms with Crippen molar-refractivity contribution in [1.29, 1.82) is 0 Å². The molecule has 1 saturated heterocycles. The lowest BCUT2D eigenvalue weighted by Crippen LogP contribution is -2.40. The average Bonchev–Trinajstić information content (AvgIpc) is 2.71. The highest BCUT2D eigenvalue weighted by Gasteiger charge is 2.23. The van der Waals surface area contributed by atoms with Crippen molar-refractivity contribution in [1.82, 2.24) is 4.90 Å². The topological polar surface area (TPSA) is 69.6 Å². The maximum Gasteiger partial charge on any atom is 0.314 e. The summed E-state index contributed by atoms with van der Waals surface area (Å²) in [7, 11) is 0. The Labute approximate surface area is 122 Å². The van der Waals surface area contributed by atoms with E-state index in [0.717, 1.165) is 25.7 Å². The Morgan fingerprint density at radius 2 is 1.80 bits per heavy atom. The Hall–Kier alpha value is -1.75. The molecule has 1 fully saturated rings. The molecule has 108 valence electrons. The summed E-state index contributed by atoms with van der Waals surface area (Å²) in [5.74, 6) is -1.43. The zero-order valence-electron chi connectivity index (χ0n) is 11.1. The molecule has 20 heavy (non-hydrogen) atoms. The molecule has 2 rings (SSSR count). The van der Waals surface area contributed by atoms with Gasteiger partial charge in [0.1, 0.15) is 5.75 Å². The number of phenols is 1. The summed E-state index contributed by atoms with van der Waals surface area (Å²) in [5.41, 5.74) is 0.144. The van der Waals surface area contributed by atoms with Gasteiger partial charge in [0.15, 0.2) is 0 Å². The van der Waals surface area contributed by atoms with Gasteiger partial charge in [0.05, 0.1) is 5.69 Å². The first kappa shape index (κ1) is 14.7. The van der Waals surface area contributed by atoms with E-state index in [1.54, 1.807) is 4.90 Å². The molecule has 2 amide bonds. The molecule has 2 N–H and O–H groups in total. The van der Waals surface area contributed by atoms with Crippen molar-refractivity contribution in [2.75, 3.05) is 18.4 Å². The smallest absolute Gasteiger partial charge is 0.314 e. The molecule has 6 heteroatoms. The SMILES string of the molecule is O=C(Nc1cc(Cl)ccc1O)C(=O)N1CCCCCC1. The molecule has 0 radical (unpaired) electrons. The predicted octanol–water partition coefficient (Wildman–Crippen LogP) is 2.39. The molecular weight excluding hydrogens is 280 g/mol. The number of phenolic OH excluding ortho intramolecular Hbond substituents is 1. The summed E-state index contributed by atoms with van der Waals surface area (Å²) in [6.45, 7) is 1.21. The lowest BCUT2D eigenvalue weighted by molar-refractivity contribution is -0.143. The van der Waals surface area contributed by atoms with Crippen LogP contribution < -0.4 is 5.32 Å². The van der Waals surface area contributed by atoms with Crippen molar-refractivity contribution in [2.45, 2.75) is 25.7 Å². The second-order valence-electron chi connectivity index (χ2n) is 4.82. The van der Waals surface area contributed by atoms with Crippen molar-refractivity contribution < 1.29 is 14.7 Å². The van der Waals surface area contributed by atoms with Crippen LogP contribution in [0.15, 0.2) is 18.2 Å². The number of likely N-dealkylation sites (tertiary alicyclic amines) is 1. The number of benzene rings is 1. The molecule has 0 saturated carbocycles. The molecule has 0 aromatic heterocycles. The first-order chi connectivity index (χ1) is 9.58. The Morgan fingerprint density at radius 1 is 1.15 bits per heavy atom. The second kappa shape index (κ2) is 6.61. The first-order valence-electron chi connectivity index (χ1n) is 6.66. The summed E-state index contributed by atoms with van der Waals surface area (Å²) in [6, 6.07) is 4.28. The second-order valence-corrected chi connectivity index (χ2v) is 5.26. The van der Waals surface area contributed by atoms with Crippen LogP contribution in [0.5, 0.6) is 5.75 Å². The first-order valence-corrected chi connectivity index (χ1v) is 7.04. The molecular formula is C14H17ClN2O3. The van der Waals surface area contributed by atoms with Gasteiger partial charge in [-0.2, -0.15) is 0 Å². The van der Waals surface area contributed by atoms with E-state index in [4.69, 9.17) is 11.6 Å². The molecule has 0 aliphatic carbocycles. The minimum atomic E-state index is -0.746. The zero-order valence-corrected chi connectivity index (χ0v) is 11.8. The summed E-state index contributed by atoms with van der Waals surface area (Å²) < 4.78 is 0. The Morgan fingerprint density at radius 3 is 2.45 bits per heavy atom. The van der Waals surface area contributed by atoms with E-state index in [9.17, 15) is 14.7 Å². The van der Waals surface area contributed by atoms with Crippen LogP contribution in [0.4, 0.5) is 5.69 Å². The van der Waals surface area contributed by atoms with Crippen LogP contribution in [-0.2, 0) is 9.59 Å². The summed E-state index contributed by atoms with van der Waals surface area (Å²) >= 11 is 5.79. The van der Waals surface area contributed by atoms with Crippen molar-refractivity contribution in [3.63, 3.8) is 0 Å². The number of hydrogen-bond donors (Lipinski definition) is 2. The Balaban J connectivity index is 2.03. The molecule has 0 bridgehead atoms. The number of amides is 2.